The fourth-order valence-electron chi connectivity index (χ4n) is 1.02. The van der Waals surface area contributed by atoms with Crippen LogP contribution in [-0.2, 0) is 19.2 Å². The van der Waals surface area contributed by atoms with Gasteiger partial charge in [-0.05, 0) is 43.8 Å². The van der Waals surface area contributed by atoms with Crippen molar-refractivity contribution in [2.45, 2.75) is 5.53 Å². The Balaban J connectivity index is 3.27. The van der Waals surface area contributed by atoms with Gasteiger partial charge in [0.25, 0.3) is 0 Å². The van der Waals surface area contributed by atoms with Gasteiger partial charge in [-0.1, -0.05) is 12.1 Å². The van der Waals surface area contributed by atoms with Crippen LogP contribution in [0.5, 0.6) is 0 Å². The van der Waals surface area contributed by atoms with E-state index in [2.05, 4.69) is 4.52 Å². The van der Waals surface area contributed by atoms with Gasteiger partial charge in [-0.25, -0.2) is 0 Å². The lowest BCUT2D eigenvalue weighted by Crippen LogP contribution is -2.23. The molecule has 86 valence electrons. The first-order valence-corrected chi connectivity index (χ1v) is 7.29. The molecular weight excluding hydrogens is 369 g/mol. The van der Waals surface area contributed by atoms with Crippen LogP contribution in [0.2, 0.25) is 0 Å². The molecule has 0 radical (unpaired) electrons. The Hall–Kier alpha value is -0.0100. The summed E-state index contributed by atoms with van der Waals surface area (Å²) in [5.74, 6) is 0. The largest absolute Gasteiger partial charge is 0.702 e. The average Bonchev–Trinajstić information content (AvgIpc) is 2.16. The van der Waals surface area contributed by atoms with E-state index >= 15 is 0 Å². The molecule has 0 fully saturated rings. The molecule has 0 amide bonds. The molecule has 0 saturated heterocycles. The van der Waals surface area contributed by atoms with Crippen LogP contribution in [0.4, 0.5) is 0 Å². The van der Waals surface area contributed by atoms with Crippen molar-refractivity contribution in [2.24, 2.45) is 0 Å². The maximum absolute atomic E-state index is 11.0. The van der Waals surface area contributed by atoms with Gasteiger partial charge >= 0.3 is 21.8 Å². The predicted molar refractivity (Wildman–Crippen MR) is 63.8 cm³/mol. The van der Waals surface area contributed by atoms with Crippen LogP contribution in [0.1, 0.15) is 5.56 Å². The van der Waals surface area contributed by atoms with Gasteiger partial charge in [-0.3, -0.25) is 0 Å². The number of hydrogen-bond donors (Lipinski definition) is 3. The van der Waals surface area contributed by atoms with Crippen molar-refractivity contribution in [3.63, 3.8) is 0 Å². The molecule has 0 aromatic heterocycles. The third kappa shape index (κ3) is 3.01. The summed E-state index contributed by atoms with van der Waals surface area (Å²) in [5.41, 5.74) is -2.70. The molecule has 6 nitrogen and oxygen atoms in total. The van der Waals surface area contributed by atoms with E-state index in [4.69, 9.17) is 9.79 Å². The van der Waals surface area contributed by atoms with Crippen LogP contribution in [0.25, 0.3) is 0 Å². The molecule has 0 spiro atoms. The van der Waals surface area contributed by atoms with E-state index in [0.29, 0.717) is 3.57 Å². The molecule has 9 heteroatoms. The molecule has 3 unspecified atom stereocenters. The second kappa shape index (κ2) is 5.55. The predicted octanol–water partition coefficient (Wildman–Crippen LogP) is 1.79. The molecule has 0 saturated carbocycles. The van der Waals surface area contributed by atoms with Crippen LogP contribution in [0.15, 0.2) is 24.3 Å². The van der Waals surface area contributed by atoms with Gasteiger partial charge in [0.1, 0.15) is 0 Å². The third-order valence-electron chi connectivity index (χ3n) is 1.69. The van der Waals surface area contributed by atoms with Crippen molar-refractivity contribution in [3.8, 4) is 0 Å². The van der Waals surface area contributed by atoms with Gasteiger partial charge in [0, 0.05) is 8.14 Å². The summed E-state index contributed by atoms with van der Waals surface area (Å²) in [4.78, 5) is 17.6. The molecule has 16 heavy (non-hydrogen) atoms. The molecule has 0 aliphatic heterocycles. The SMILES string of the molecule is O=[P+](O)OC(O)(c1ccccc1I)[P+](=O)O. The topological polar surface area (TPSA) is 104 Å². The molecule has 3 atom stereocenters. The molecular formula is C7H7IO6P2+2. The van der Waals surface area contributed by atoms with Gasteiger partial charge in [-0.15, -0.1) is 4.89 Å². The first kappa shape index (κ1) is 14.1. The Bertz CT molecular complexity index is 439. The normalized spacial score (nSPS) is 16.5. The Morgan fingerprint density at radius 1 is 1.25 bits per heavy atom. The van der Waals surface area contributed by atoms with E-state index in [9.17, 15) is 14.2 Å². The van der Waals surface area contributed by atoms with Crippen LogP contribution < -0.4 is 0 Å². The van der Waals surface area contributed by atoms with E-state index in [0.717, 1.165) is 0 Å². The summed E-state index contributed by atoms with van der Waals surface area (Å²) >= 11 is 1.81. The minimum Gasteiger partial charge on any atom is -0.317 e. The smallest absolute Gasteiger partial charge is 0.317 e. The minimum absolute atomic E-state index is 0.0309. The van der Waals surface area contributed by atoms with Crippen LogP contribution in [-0.4, -0.2) is 14.9 Å². The Morgan fingerprint density at radius 2 is 1.81 bits per heavy atom. The van der Waals surface area contributed by atoms with Gasteiger partial charge < -0.3 is 5.11 Å². The fraction of sp³-hybridized carbons (Fsp3) is 0.143. The number of benzene rings is 1. The van der Waals surface area contributed by atoms with Gasteiger partial charge in [0.05, 0.1) is 5.56 Å². The van der Waals surface area contributed by atoms with Crippen molar-refractivity contribution in [2.75, 3.05) is 0 Å². The monoisotopic (exact) mass is 376 g/mol. The highest BCUT2D eigenvalue weighted by Crippen LogP contribution is 2.49. The summed E-state index contributed by atoms with van der Waals surface area (Å²) in [7, 11) is -6.44. The van der Waals surface area contributed by atoms with Crippen molar-refractivity contribution < 1.29 is 28.5 Å². The summed E-state index contributed by atoms with van der Waals surface area (Å²) < 4.78 is 26.3. The maximum atomic E-state index is 11.0. The molecule has 1 rings (SSSR count). The second-order valence-corrected chi connectivity index (χ2v) is 5.66. The highest BCUT2D eigenvalue weighted by atomic mass is 127. The summed E-state index contributed by atoms with van der Waals surface area (Å²) in [6.45, 7) is 0. The zero-order valence-corrected chi connectivity index (χ0v) is 11.6. The van der Waals surface area contributed by atoms with E-state index in [1.807, 2.05) is 22.6 Å². The van der Waals surface area contributed by atoms with Crippen LogP contribution in [0, 0.1) is 3.57 Å². The maximum Gasteiger partial charge on any atom is 0.702 e. The molecule has 1 aromatic rings. The minimum atomic E-state index is -3.24. The van der Waals surface area contributed by atoms with Gasteiger partial charge in [0.2, 0.25) is 0 Å². The van der Waals surface area contributed by atoms with Crippen LogP contribution >= 0.6 is 38.9 Å². The Morgan fingerprint density at radius 3 is 2.25 bits per heavy atom. The Labute approximate surface area is 106 Å². The van der Waals surface area contributed by atoms with Crippen LogP contribution in [0.3, 0.4) is 0 Å². The summed E-state index contributed by atoms with van der Waals surface area (Å²) in [6, 6.07) is 6.06. The zero-order chi connectivity index (χ0) is 12.3. The second-order valence-electron chi connectivity index (χ2n) is 2.69. The van der Waals surface area contributed by atoms with Gasteiger partial charge in [-0.2, -0.15) is 4.89 Å². The zero-order valence-electron chi connectivity index (χ0n) is 7.65. The van der Waals surface area contributed by atoms with Crippen molar-refractivity contribution >= 4 is 38.9 Å². The molecule has 0 aliphatic carbocycles. The first-order chi connectivity index (χ1) is 7.38. The van der Waals surface area contributed by atoms with Crippen molar-refractivity contribution in [3.05, 3.63) is 33.4 Å². The summed E-state index contributed by atoms with van der Waals surface area (Å²) in [5, 5.41) is 9.81. The lowest BCUT2D eigenvalue weighted by molar-refractivity contribution is -0.0747. The lowest BCUT2D eigenvalue weighted by atomic mass is 10.2. The summed E-state index contributed by atoms with van der Waals surface area (Å²) in [6.07, 6.45) is 0. The average molecular weight is 376 g/mol. The third-order valence-corrected chi connectivity index (χ3v) is 4.05. The molecule has 3 N–H and O–H groups in total. The highest BCUT2D eigenvalue weighted by molar-refractivity contribution is 14.1. The molecule has 0 aliphatic rings. The number of rotatable bonds is 4. The molecule has 1 aromatic carbocycles. The molecule has 0 bridgehead atoms. The number of aliphatic hydroxyl groups is 1. The molecule has 0 heterocycles. The quantitative estimate of drug-likeness (QED) is 0.421. The Kier molecular flexibility index (Phi) is 4.88. The lowest BCUT2D eigenvalue weighted by Gasteiger charge is -2.09. The number of halogens is 1. The van der Waals surface area contributed by atoms with E-state index < -0.39 is 21.8 Å². The van der Waals surface area contributed by atoms with E-state index in [1.165, 1.54) is 12.1 Å². The van der Waals surface area contributed by atoms with Crippen molar-refractivity contribution in [1.82, 2.24) is 0 Å². The fourth-order valence-corrected chi connectivity index (χ4v) is 3.19. The van der Waals surface area contributed by atoms with Crippen molar-refractivity contribution in [1.29, 1.82) is 0 Å². The van der Waals surface area contributed by atoms with E-state index in [1.54, 1.807) is 12.1 Å². The first-order valence-electron chi connectivity index (χ1n) is 3.87. The van der Waals surface area contributed by atoms with E-state index in [-0.39, 0.29) is 5.56 Å². The number of hydrogen-bond acceptors (Lipinski definition) is 4. The standard InChI is InChI=1S/C7H5IO6P2/c8-6-4-2-1-3-5(6)7(9,15(10)11)14-16(12)13/h1-4,9H/p+2. The highest BCUT2D eigenvalue weighted by Gasteiger charge is 2.59. The van der Waals surface area contributed by atoms with Gasteiger partial charge in [0.15, 0.2) is 0 Å².